The zero-order valence-electron chi connectivity index (χ0n) is 12.7. The summed E-state index contributed by atoms with van der Waals surface area (Å²) in [5.41, 5.74) is 5.98. The van der Waals surface area contributed by atoms with Gasteiger partial charge in [-0.3, -0.25) is 11.3 Å². The Morgan fingerprint density at radius 2 is 2.19 bits per heavy atom. The van der Waals surface area contributed by atoms with Gasteiger partial charge in [-0.1, -0.05) is 29.8 Å². The Bertz CT molecular complexity index is 498. The van der Waals surface area contributed by atoms with Gasteiger partial charge in [-0.2, -0.15) is 0 Å². The monoisotopic (exact) mass is 286 g/mol. The fourth-order valence-corrected chi connectivity index (χ4v) is 3.62. The molecule has 0 radical (unpaired) electrons. The summed E-state index contributed by atoms with van der Waals surface area (Å²) in [5, 5.41) is 0. The second-order valence-corrected chi connectivity index (χ2v) is 6.28. The molecule has 1 aliphatic carbocycles. The molecule has 2 unspecified atom stereocenters. The Morgan fingerprint density at radius 3 is 3.00 bits per heavy atom. The van der Waals surface area contributed by atoms with Crippen molar-refractivity contribution in [3.8, 4) is 5.75 Å². The SMILES string of the molecule is NNC(CC1=CCCCC1)CC1CCOc2ccccc21. The Kier molecular flexibility index (Phi) is 4.94. The molecule has 0 bridgehead atoms. The summed E-state index contributed by atoms with van der Waals surface area (Å²) in [6.45, 7) is 0.821. The quantitative estimate of drug-likeness (QED) is 0.493. The minimum absolute atomic E-state index is 0.366. The topological polar surface area (TPSA) is 47.3 Å². The van der Waals surface area contributed by atoms with Crippen LogP contribution in [0.15, 0.2) is 35.9 Å². The van der Waals surface area contributed by atoms with Gasteiger partial charge in [-0.25, -0.2) is 0 Å². The summed E-state index contributed by atoms with van der Waals surface area (Å²) in [6, 6.07) is 8.80. The van der Waals surface area contributed by atoms with E-state index in [4.69, 9.17) is 10.6 Å². The third kappa shape index (κ3) is 3.66. The summed E-state index contributed by atoms with van der Waals surface area (Å²) >= 11 is 0. The molecule has 3 N–H and O–H groups in total. The van der Waals surface area contributed by atoms with Crippen LogP contribution in [0.4, 0.5) is 0 Å². The van der Waals surface area contributed by atoms with Crippen molar-refractivity contribution in [2.75, 3.05) is 6.61 Å². The third-order valence-corrected chi connectivity index (χ3v) is 4.78. The number of nitrogens with one attached hydrogen (secondary N) is 1. The van der Waals surface area contributed by atoms with Crippen LogP contribution >= 0.6 is 0 Å². The molecule has 2 aliphatic rings. The number of benzene rings is 1. The molecule has 0 saturated heterocycles. The van der Waals surface area contributed by atoms with Gasteiger partial charge >= 0.3 is 0 Å². The highest BCUT2D eigenvalue weighted by Gasteiger charge is 2.24. The number of allylic oxidation sites excluding steroid dienone is 1. The Balaban J connectivity index is 1.66. The van der Waals surface area contributed by atoms with Crippen LogP contribution in [0.1, 0.15) is 56.4 Å². The van der Waals surface area contributed by atoms with E-state index in [0.29, 0.717) is 12.0 Å². The van der Waals surface area contributed by atoms with Crippen LogP contribution in [0.3, 0.4) is 0 Å². The number of hydrogen-bond donors (Lipinski definition) is 2. The molecule has 1 aliphatic heterocycles. The van der Waals surface area contributed by atoms with Gasteiger partial charge in [-0.15, -0.1) is 0 Å². The molecule has 3 rings (SSSR count). The zero-order chi connectivity index (χ0) is 14.5. The normalized spacial score (nSPS) is 22.9. The van der Waals surface area contributed by atoms with E-state index in [-0.39, 0.29) is 0 Å². The molecule has 1 aromatic rings. The smallest absolute Gasteiger partial charge is 0.122 e. The molecule has 3 heteroatoms. The van der Waals surface area contributed by atoms with E-state index >= 15 is 0 Å². The molecule has 0 aromatic heterocycles. The maximum atomic E-state index is 5.82. The largest absolute Gasteiger partial charge is 0.493 e. The molecular weight excluding hydrogens is 260 g/mol. The number of hydrogen-bond acceptors (Lipinski definition) is 3. The van der Waals surface area contributed by atoms with Crippen LogP contribution in [0, 0.1) is 0 Å². The highest BCUT2D eigenvalue weighted by Crippen LogP contribution is 2.37. The second-order valence-electron chi connectivity index (χ2n) is 6.28. The molecule has 0 amide bonds. The van der Waals surface area contributed by atoms with Crippen LogP contribution in [-0.2, 0) is 0 Å². The number of nitrogens with two attached hydrogens (primary N) is 1. The average Bonchev–Trinajstić information content (AvgIpc) is 2.55. The van der Waals surface area contributed by atoms with Crippen molar-refractivity contribution in [1.82, 2.24) is 5.43 Å². The highest BCUT2D eigenvalue weighted by atomic mass is 16.5. The second kappa shape index (κ2) is 7.10. The molecular formula is C18H26N2O. The summed E-state index contributed by atoms with van der Waals surface area (Å²) in [5.74, 6) is 7.43. The van der Waals surface area contributed by atoms with Gasteiger partial charge in [0.25, 0.3) is 0 Å². The molecule has 114 valence electrons. The summed E-state index contributed by atoms with van der Waals surface area (Å²) in [6.07, 6.45) is 10.9. The first-order chi connectivity index (χ1) is 10.4. The molecule has 2 atom stereocenters. The van der Waals surface area contributed by atoms with Crippen LogP contribution in [0.2, 0.25) is 0 Å². The standard InChI is InChI=1S/C18H26N2O/c19-20-16(12-14-6-2-1-3-7-14)13-15-10-11-21-18-9-5-4-8-17(15)18/h4-6,8-9,15-16,20H,1-3,7,10-13,19H2. The molecule has 1 aromatic carbocycles. The van der Waals surface area contributed by atoms with Gasteiger partial charge in [-0.05, 0) is 62.5 Å². The molecule has 1 heterocycles. The average molecular weight is 286 g/mol. The lowest BCUT2D eigenvalue weighted by atomic mass is 9.84. The minimum Gasteiger partial charge on any atom is -0.493 e. The van der Waals surface area contributed by atoms with Gasteiger partial charge in [0, 0.05) is 6.04 Å². The number of ether oxygens (including phenoxy) is 1. The molecule has 21 heavy (non-hydrogen) atoms. The fraction of sp³-hybridized carbons (Fsp3) is 0.556. The summed E-state index contributed by atoms with van der Waals surface area (Å²) in [4.78, 5) is 0. The van der Waals surface area contributed by atoms with Crippen molar-refractivity contribution in [2.24, 2.45) is 5.84 Å². The molecule has 0 fully saturated rings. The van der Waals surface area contributed by atoms with Crippen molar-refractivity contribution in [1.29, 1.82) is 0 Å². The molecule has 0 saturated carbocycles. The van der Waals surface area contributed by atoms with Crippen LogP contribution < -0.4 is 16.0 Å². The van der Waals surface area contributed by atoms with Crippen LogP contribution in [0.5, 0.6) is 5.75 Å². The van der Waals surface area contributed by atoms with E-state index in [0.717, 1.165) is 31.6 Å². The van der Waals surface area contributed by atoms with Gasteiger partial charge < -0.3 is 4.74 Å². The van der Waals surface area contributed by atoms with Crippen LogP contribution in [-0.4, -0.2) is 12.6 Å². The van der Waals surface area contributed by atoms with Crippen molar-refractivity contribution in [3.63, 3.8) is 0 Å². The molecule has 0 spiro atoms. The van der Waals surface area contributed by atoms with Crippen molar-refractivity contribution in [3.05, 3.63) is 41.5 Å². The van der Waals surface area contributed by atoms with Gasteiger partial charge in [0.05, 0.1) is 6.61 Å². The van der Waals surface area contributed by atoms with E-state index in [9.17, 15) is 0 Å². The first-order valence-corrected chi connectivity index (χ1v) is 8.22. The van der Waals surface area contributed by atoms with E-state index < -0.39 is 0 Å². The maximum absolute atomic E-state index is 5.82. The Labute approximate surface area is 127 Å². The number of fused-ring (bicyclic) bond motifs is 1. The Hall–Kier alpha value is -1.32. The lowest BCUT2D eigenvalue weighted by Gasteiger charge is -2.29. The van der Waals surface area contributed by atoms with E-state index in [1.54, 1.807) is 5.57 Å². The lowest BCUT2D eigenvalue weighted by molar-refractivity contribution is 0.254. The van der Waals surface area contributed by atoms with E-state index in [2.05, 4.69) is 29.7 Å². The number of hydrazine groups is 1. The first kappa shape index (κ1) is 14.6. The van der Waals surface area contributed by atoms with Gasteiger partial charge in [0.15, 0.2) is 0 Å². The zero-order valence-corrected chi connectivity index (χ0v) is 12.7. The van der Waals surface area contributed by atoms with E-state index in [1.807, 2.05) is 6.07 Å². The van der Waals surface area contributed by atoms with Crippen molar-refractivity contribution in [2.45, 2.75) is 56.9 Å². The van der Waals surface area contributed by atoms with Crippen LogP contribution in [0.25, 0.3) is 0 Å². The maximum Gasteiger partial charge on any atom is 0.122 e. The summed E-state index contributed by atoms with van der Waals surface area (Å²) < 4.78 is 5.76. The number of para-hydroxylation sites is 1. The summed E-state index contributed by atoms with van der Waals surface area (Å²) in [7, 11) is 0. The van der Waals surface area contributed by atoms with Gasteiger partial charge in [0.2, 0.25) is 0 Å². The molecule has 3 nitrogen and oxygen atoms in total. The minimum atomic E-state index is 0.366. The highest BCUT2D eigenvalue weighted by molar-refractivity contribution is 5.37. The number of rotatable bonds is 5. The van der Waals surface area contributed by atoms with E-state index in [1.165, 1.54) is 31.2 Å². The predicted octanol–water partition coefficient (Wildman–Crippen LogP) is 3.67. The fourth-order valence-electron chi connectivity index (χ4n) is 3.62. The van der Waals surface area contributed by atoms with Crippen molar-refractivity contribution >= 4 is 0 Å². The first-order valence-electron chi connectivity index (χ1n) is 8.22. The lowest BCUT2D eigenvalue weighted by Crippen LogP contribution is -2.37. The predicted molar refractivity (Wildman–Crippen MR) is 86.2 cm³/mol. The van der Waals surface area contributed by atoms with Gasteiger partial charge in [0.1, 0.15) is 5.75 Å². The third-order valence-electron chi connectivity index (χ3n) is 4.78. The van der Waals surface area contributed by atoms with Crippen molar-refractivity contribution < 1.29 is 4.74 Å². The Morgan fingerprint density at radius 1 is 1.29 bits per heavy atom.